The van der Waals surface area contributed by atoms with E-state index in [1.165, 1.54) is 0 Å². The molecule has 0 spiro atoms. The lowest BCUT2D eigenvalue weighted by atomic mass is 10.5. The Bertz CT molecular complexity index is 301. The summed E-state index contributed by atoms with van der Waals surface area (Å²) in [5.74, 6) is 1.05. The molecule has 0 unspecified atom stereocenters. The first kappa shape index (κ1) is 12.2. The molecule has 0 atom stereocenters. The lowest BCUT2D eigenvalue weighted by molar-refractivity contribution is 0.154. The SMILES string of the molecule is CCOCCN(C)c1nc(N)cc(Br)n1. The maximum absolute atomic E-state index is 5.61. The van der Waals surface area contributed by atoms with Crippen LogP contribution in [0.2, 0.25) is 0 Å². The fourth-order valence-electron chi connectivity index (χ4n) is 1.04. The first-order chi connectivity index (χ1) is 7.13. The number of rotatable bonds is 5. The highest BCUT2D eigenvalue weighted by Gasteiger charge is 2.05. The van der Waals surface area contributed by atoms with Gasteiger partial charge < -0.3 is 15.4 Å². The van der Waals surface area contributed by atoms with E-state index in [4.69, 9.17) is 10.5 Å². The van der Waals surface area contributed by atoms with Crippen LogP contribution in [0.25, 0.3) is 0 Å². The highest BCUT2D eigenvalue weighted by atomic mass is 79.9. The molecule has 0 fully saturated rings. The molecular weight excluding hydrogens is 260 g/mol. The molecule has 0 amide bonds. The van der Waals surface area contributed by atoms with Crippen LogP contribution in [-0.4, -0.2) is 36.8 Å². The third kappa shape index (κ3) is 4.01. The van der Waals surface area contributed by atoms with Crippen molar-refractivity contribution in [3.63, 3.8) is 0 Å². The average Bonchev–Trinajstić information content (AvgIpc) is 2.16. The number of hydrogen-bond acceptors (Lipinski definition) is 5. The summed E-state index contributed by atoms with van der Waals surface area (Å²) < 4.78 is 5.93. The second-order valence-electron chi connectivity index (χ2n) is 3.03. The molecule has 1 aromatic rings. The summed E-state index contributed by atoms with van der Waals surface area (Å²) in [5, 5.41) is 0. The van der Waals surface area contributed by atoms with E-state index in [0.717, 1.165) is 13.2 Å². The number of nitrogen functional groups attached to an aromatic ring is 1. The van der Waals surface area contributed by atoms with Gasteiger partial charge in [-0.3, -0.25) is 0 Å². The third-order valence-corrected chi connectivity index (χ3v) is 2.23. The minimum Gasteiger partial charge on any atom is -0.383 e. The van der Waals surface area contributed by atoms with Crippen molar-refractivity contribution in [3.05, 3.63) is 10.7 Å². The molecule has 15 heavy (non-hydrogen) atoms. The fourth-order valence-corrected chi connectivity index (χ4v) is 1.43. The Morgan fingerprint density at radius 3 is 2.87 bits per heavy atom. The maximum atomic E-state index is 5.61. The van der Waals surface area contributed by atoms with Gasteiger partial charge >= 0.3 is 0 Å². The fraction of sp³-hybridized carbons (Fsp3) is 0.556. The minimum absolute atomic E-state index is 0.454. The van der Waals surface area contributed by atoms with E-state index in [-0.39, 0.29) is 0 Å². The van der Waals surface area contributed by atoms with Crippen LogP contribution >= 0.6 is 15.9 Å². The van der Waals surface area contributed by atoms with Crippen LogP contribution in [0.15, 0.2) is 10.7 Å². The summed E-state index contributed by atoms with van der Waals surface area (Å²) in [7, 11) is 1.90. The first-order valence-electron chi connectivity index (χ1n) is 4.72. The zero-order valence-electron chi connectivity index (χ0n) is 8.90. The van der Waals surface area contributed by atoms with E-state index in [0.29, 0.717) is 23.0 Å². The van der Waals surface area contributed by atoms with Gasteiger partial charge in [0.15, 0.2) is 0 Å². The third-order valence-electron chi connectivity index (χ3n) is 1.82. The highest BCUT2D eigenvalue weighted by molar-refractivity contribution is 9.10. The number of anilines is 2. The molecule has 0 bridgehead atoms. The quantitative estimate of drug-likeness (QED) is 0.648. The van der Waals surface area contributed by atoms with E-state index in [1.54, 1.807) is 6.07 Å². The largest absolute Gasteiger partial charge is 0.383 e. The zero-order chi connectivity index (χ0) is 11.3. The van der Waals surface area contributed by atoms with Gasteiger partial charge in [0.1, 0.15) is 10.4 Å². The van der Waals surface area contributed by atoms with E-state index >= 15 is 0 Å². The second kappa shape index (κ2) is 5.87. The molecule has 0 saturated heterocycles. The summed E-state index contributed by atoms with van der Waals surface area (Å²) in [6, 6.07) is 1.67. The number of hydrogen-bond donors (Lipinski definition) is 1. The second-order valence-corrected chi connectivity index (χ2v) is 3.85. The molecule has 84 valence electrons. The number of aromatic nitrogens is 2. The van der Waals surface area contributed by atoms with E-state index in [2.05, 4.69) is 25.9 Å². The molecule has 0 aliphatic heterocycles. The molecular formula is C9H15BrN4O. The Morgan fingerprint density at radius 2 is 2.27 bits per heavy atom. The standard InChI is InChI=1S/C9H15BrN4O/c1-3-15-5-4-14(2)9-12-7(10)6-8(11)13-9/h6H,3-5H2,1-2H3,(H2,11,12,13). The van der Waals surface area contributed by atoms with Gasteiger partial charge in [0.05, 0.1) is 6.61 Å². The normalized spacial score (nSPS) is 10.3. The van der Waals surface area contributed by atoms with Crippen molar-refractivity contribution in [1.29, 1.82) is 0 Å². The predicted octanol–water partition coefficient (Wildman–Crippen LogP) is 1.29. The van der Waals surface area contributed by atoms with E-state index in [1.807, 2.05) is 18.9 Å². The Labute approximate surface area is 97.8 Å². The molecule has 0 aliphatic rings. The number of halogens is 1. The predicted molar refractivity (Wildman–Crippen MR) is 63.9 cm³/mol. The Hall–Kier alpha value is -0.880. The monoisotopic (exact) mass is 274 g/mol. The van der Waals surface area contributed by atoms with Gasteiger partial charge in [-0.05, 0) is 22.9 Å². The van der Waals surface area contributed by atoms with Crippen molar-refractivity contribution >= 4 is 27.7 Å². The molecule has 1 heterocycles. The van der Waals surface area contributed by atoms with Crippen LogP contribution in [0, 0.1) is 0 Å². The van der Waals surface area contributed by atoms with Crippen LogP contribution in [0.1, 0.15) is 6.92 Å². The number of likely N-dealkylation sites (N-methyl/N-ethyl adjacent to an activating group) is 1. The number of nitrogens with two attached hydrogens (primary N) is 1. The van der Waals surface area contributed by atoms with Gasteiger partial charge in [0.25, 0.3) is 0 Å². The van der Waals surface area contributed by atoms with Crippen molar-refractivity contribution in [2.75, 3.05) is 37.4 Å². The number of nitrogens with zero attached hydrogens (tertiary/aromatic N) is 3. The summed E-state index contributed by atoms with van der Waals surface area (Å²) in [6.07, 6.45) is 0. The van der Waals surface area contributed by atoms with Crippen LogP contribution < -0.4 is 10.6 Å². The van der Waals surface area contributed by atoms with Crippen LogP contribution in [0.4, 0.5) is 11.8 Å². The average molecular weight is 275 g/mol. The Balaban J connectivity index is 2.60. The Kier molecular flexibility index (Phi) is 4.77. The summed E-state index contributed by atoms with van der Waals surface area (Å²) in [4.78, 5) is 10.2. The van der Waals surface area contributed by atoms with E-state index in [9.17, 15) is 0 Å². The lowest BCUT2D eigenvalue weighted by Gasteiger charge is -2.16. The molecule has 5 nitrogen and oxygen atoms in total. The highest BCUT2D eigenvalue weighted by Crippen LogP contribution is 2.14. The molecule has 1 rings (SSSR count). The molecule has 2 N–H and O–H groups in total. The van der Waals surface area contributed by atoms with Gasteiger partial charge in [0, 0.05) is 26.3 Å². The molecule has 1 aromatic heterocycles. The molecule has 0 radical (unpaired) electrons. The summed E-state index contributed by atoms with van der Waals surface area (Å²) in [6.45, 7) is 4.08. The Morgan fingerprint density at radius 1 is 1.53 bits per heavy atom. The number of ether oxygens (including phenoxy) is 1. The van der Waals surface area contributed by atoms with Gasteiger partial charge in [-0.1, -0.05) is 0 Å². The van der Waals surface area contributed by atoms with Crippen molar-refractivity contribution < 1.29 is 4.74 Å². The van der Waals surface area contributed by atoms with Crippen LogP contribution in [0.3, 0.4) is 0 Å². The lowest BCUT2D eigenvalue weighted by Crippen LogP contribution is -2.24. The molecule has 6 heteroatoms. The van der Waals surface area contributed by atoms with Crippen LogP contribution in [-0.2, 0) is 4.74 Å². The van der Waals surface area contributed by atoms with Gasteiger partial charge in [0.2, 0.25) is 5.95 Å². The van der Waals surface area contributed by atoms with Crippen LogP contribution in [0.5, 0.6) is 0 Å². The molecule has 0 aliphatic carbocycles. The maximum Gasteiger partial charge on any atom is 0.228 e. The molecule has 0 aromatic carbocycles. The van der Waals surface area contributed by atoms with Crippen molar-refractivity contribution in [1.82, 2.24) is 9.97 Å². The van der Waals surface area contributed by atoms with Crippen molar-refractivity contribution in [2.24, 2.45) is 0 Å². The van der Waals surface area contributed by atoms with Crippen molar-refractivity contribution in [2.45, 2.75) is 6.92 Å². The van der Waals surface area contributed by atoms with E-state index < -0.39 is 0 Å². The molecule has 0 saturated carbocycles. The van der Waals surface area contributed by atoms with Gasteiger partial charge in [-0.2, -0.15) is 4.98 Å². The summed E-state index contributed by atoms with van der Waals surface area (Å²) in [5.41, 5.74) is 5.61. The zero-order valence-corrected chi connectivity index (χ0v) is 10.5. The first-order valence-corrected chi connectivity index (χ1v) is 5.51. The minimum atomic E-state index is 0.454. The van der Waals surface area contributed by atoms with Gasteiger partial charge in [-0.15, -0.1) is 0 Å². The smallest absolute Gasteiger partial charge is 0.228 e. The van der Waals surface area contributed by atoms with Crippen molar-refractivity contribution in [3.8, 4) is 0 Å². The van der Waals surface area contributed by atoms with Gasteiger partial charge in [-0.25, -0.2) is 4.98 Å². The summed E-state index contributed by atoms with van der Waals surface area (Å²) >= 11 is 3.27. The topological polar surface area (TPSA) is 64.3 Å².